The van der Waals surface area contributed by atoms with Gasteiger partial charge in [-0.2, -0.15) is 0 Å². The lowest BCUT2D eigenvalue weighted by Crippen LogP contribution is -2.34. The van der Waals surface area contributed by atoms with Gasteiger partial charge in [0, 0.05) is 24.0 Å². The molecule has 7 heteroatoms. The topological polar surface area (TPSA) is 97.0 Å². The van der Waals surface area contributed by atoms with E-state index < -0.39 is 6.04 Å². The van der Waals surface area contributed by atoms with Crippen molar-refractivity contribution in [2.75, 3.05) is 7.11 Å². The van der Waals surface area contributed by atoms with Crippen molar-refractivity contribution in [2.24, 2.45) is 5.92 Å². The maximum atomic E-state index is 12.7. The second-order valence-electron chi connectivity index (χ2n) is 7.07. The van der Waals surface area contributed by atoms with E-state index in [1.165, 1.54) is 6.07 Å². The molecular formula is C22H24N4O3. The largest absolute Gasteiger partial charge is 0.497 e. The maximum absolute atomic E-state index is 12.7. The second-order valence-corrected chi connectivity index (χ2v) is 7.07. The van der Waals surface area contributed by atoms with Gasteiger partial charge < -0.3 is 15.0 Å². The molecule has 0 bridgehead atoms. The van der Waals surface area contributed by atoms with Crippen LogP contribution in [0.1, 0.15) is 31.1 Å². The van der Waals surface area contributed by atoms with Crippen LogP contribution >= 0.6 is 0 Å². The van der Waals surface area contributed by atoms with Crippen molar-refractivity contribution in [3.8, 4) is 17.1 Å². The van der Waals surface area contributed by atoms with Gasteiger partial charge in [-0.3, -0.25) is 14.6 Å². The minimum Gasteiger partial charge on any atom is -0.497 e. The van der Waals surface area contributed by atoms with Gasteiger partial charge in [0.25, 0.3) is 5.56 Å². The quantitative estimate of drug-likeness (QED) is 0.644. The number of hydrogen-bond acceptors (Lipinski definition) is 5. The number of methoxy groups -OCH3 is 1. The molecular weight excluding hydrogens is 368 g/mol. The van der Waals surface area contributed by atoms with E-state index in [1.807, 2.05) is 38.1 Å². The summed E-state index contributed by atoms with van der Waals surface area (Å²) < 4.78 is 5.21. The fraction of sp³-hybridized carbons (Fsp3) is 0.273. The van der Waals surface area contributed by atoms with Gasteiger partial charge in [-0.15, -0.1) is 0 Å². The summed E-state index contributed by atoms with van der Waals surface area (Å²) in [7, 11) is 1.59. The third-order valence-electron chi connectivity index (χ3n) is 4.52. The zero-order chi connectivity index (χ0) is 20.8. The zero-order valence-electron chi connectivity index (χ0n) is 16.7. The van der Waals surface area contributed by atoms with Crippen molar-refractivity contribution in [2.45, 2.75) is 26.3 Å². The SMILES string of the molecule is COc1cccc(CC(=O)N[C@H](c2cc(=O)[nH]c(-c3ccncc3)n2)C(C)C)c1. The molecule has 29 heavy (non-hydrogen) atoms. The van der Waals surface area contributed by atoms with Crippen LogP contribution < -0.4 is 15.6 Å². The molecule has 1 aromatic carbocycles. The van der Waals surface area contributed by atoms with Crippen molar-refractivity contribution in [1.29, 1.82) is 0 Å². The van der Waals surface area contributed by atoms with Gasteiger partial charge in [0.05, 0.1) is 25.3 Å². The van der Waals surface area contributed by atoms with Crippen molar-refractivity contribution >= 4 is 5.91 Å². The number of aromatic amines is 1. The highest BCUT2D eigenvalue weighted by atomic mass is 16.5. The first-order chi connectivity index (χ1) is 14.0. The molecule has 2 heterocycles. The van der Waals surface area contributed by atoms with Gasteiger partial charge in [-0.25, -0.2) is 4.98 Å². The van der Waals surface area contributed by atoms with E-state index in [1.54, 1.807) is 31.6 Å². The summed E-state index contributed by atoms with van der Waals surface area (Å²) in [5.74, 6) is 1.05. The minimum atomic E-state index is -0.393. The molecule has 0 unspecified atom stereocenters. The molecule has 2 N–H and O–H groups in total. The molecule has 0 radical (unpaired) electrons. The highest BCUT2D eigenvalue weighted by Crippen LogP contribution is 2.22. The summed E-state index contributed by atoms with van der Waals surface area (Å²) >= 11 is 0. The second kappa shape index (κ2) is 9.14. The molecule has 1 amide bonds. The number of H-pyrrole nitrogens is 1. The number of hydrogen-bond donors (Lipinski definition) is 2. The lowest BCUT2D eigenvalue weighted by Gasteiger charge is -2.22. The van der Waals surface area contributed by atoms with Crippen LogP contribution in [0.15, 0.2) is 59.7 Å². The van der Waals surface area contributed by atoms with Crippen molar-refractivity contribution in [3.63, 3.8) is 0 Å². The number of carbonyl (C=O) groups is 1. The first kappa shape index (κ1) is 20.3. The predicted octanol–water partition coefficient (Wildman–Crippen LogP) is 2.90. The summed E-state index contributed by atoms with van der Waals surface area (Å²) in [6.45, 7) is 3.96. The van der Waals surface area contributed by atoms with E-state index >= 15 is 0 Å². The van der Waals surface area contributed by atoms with Gasteiger partial charge in [0.2, 0.25) is 5.91 Å². The van der Waals surface area contributed by atoms with E-state index in [0.717, 1.165) is 11.1 Å². The molecule has 1 atom stereocenters. The summed E-state index contributed by atoms with van der Waals surface area (Å²) in [4.78, 5) is 36.2. The third kappa shape index (κ3) is 5.28. The normalized spacial score (nSPS) is 11.9. The van der Waals surface area contributed by atoms with Crippen LogP contribution in [-0.2, 0) is 11.2 Å². The Balaban J connectivity index is 1.83. The number of benzene rings is 1. The van der Waals surface area contributed by atoms with Crippen molar-refractivity contribution in [3.05, 3.63) is 76.5 Å². The molecule has 7 nitrogen and oxygen atoms in total. The van der Waals surface area contributed by atoms with Crippen LogP contribution in [0.4, 0.5) is 0 Å². The van der Waals surface area contributed by atoms with Crippen LogP contribution in [0.25, 0.3) is 11.4 Å². The Morgan fingerprint density at radius 1 is 1.17 bits per heavy atom. The Kier molecular flexibility index (Phi) is 6.39. The highest BCUT2D eigenvalue weighted by molar-refractivity contribution is 5.79. The number of aromatic nitrogens is 3. The standard InChI is InChI=1S/C22H24N4O3/c1-14(2)21(25-19(27)12-15-5-4-6-17(11-15)29-3)18-13-20(28)26-22(24-18)16-7-9-23-10-8-16/h4-11,13-14,21H,12H2,1-3H3,(H,25,27)(H,24,26,28)/t21-/m0/s1. The molecule has 3 aromatic rings. The van der Waals surface area contributed by atoms with Crippen LogP contribution in [0.3, 0.4) is 0 Å². The lowest BCUT2D eigenvalue weighted by molar-refractivity contribution is -0.121. The van der Waals surface area contributed by atoms with E-state index in [-0.39, 0.29) is 23.8 Å². The van der Waals surface area contributed by atoms with Gasteiger partial charge >= 0.3 is 0 Å². The van der Waals surface area contributed by atoms with Gasteiger partial charge in [-0.1, -0.05) is 26.0 Å². The number of pyridine rings is 1. The number of nitrogens with one attached hydrogen (secondary N) is 2. The summed E-state index contributed by atoms with van der Waals surface area (Å²) in [6, 6.07) is 12.0. The Morgan fingerprint density at radius 2 is 1.93 bits per heavy atom. The summed E-state index contributed by atoms with van der Waals surface area (Å²) in [5, 5.41) is 3.02. The molecule has 0 spiro atoms. The average Bonchev–Trinajstić information content (AvgIpc) is 2.72. The Hall–Kier alpha value is -3.48. The molecule has 0 aliphatic rings. The first-order valence-corrected chi connectivity index (χ1v) is 9.40. The molecule has 150 valence electrons. The predicted molar refractivity (Wildman–Crippen MR) is 111 cm³/mol. The highest BCUT2D eigenvalue weighted by Gasteiger charge is 2.21. The molecule has 0 saturated carbocycles. The molecule has 3 rings (SSSR count). The van der Waals surface area contributed by atoms with E-state index in [0.29, 0.717) is 17.3 Å². The molecule has 0 fully saturated rings. The molecule has 0 aliphatic heterocycles. The zero-order valence-corrected chi connectivity index (χ0v) is 16.7. The van der Waals surface area contributed by atoms with Crippen LogP contribution in [0, 0.1) is 5.92 Å². The van der Waals surface area contributed by atoms with Gasteiger partial charge in [0.15, 0.2) is 0 Å². The first-order valence-electron chi connectivity index (χ1n) is 9.40. The Bertz CT molecular complexity index is 1030. The Labute approximate surface area is 169 Å². The Morgan fingerprint density at radius 3 is 2.62 bits per heavy atom. The number of amides is 1. The number of rotatable bonds is 7. The van der Waals surface area contributed by atoms with E-state index in [9.17, 15) is 9.59 Å². The lowest BCUT2D eigenvalue weighted by atomic mass is 9.99. The van der Waals surface area contributed by atoms with E-state index in [2.05, 4.69) is 20.3 Å². The number of nitrogens with zero attached hydrogens (tertiary/aromatic N) is 2. The van der Waals surface area contributed by atoms with E-state index in [4.69, 9.17) is 4.74 Å². The molecule has 2 aromatic heterocycles. The molecule has 0 aliphatic carbocycles. The van der Waals surface area contributed by atoms with Crippen LogP contribution in [0.5, 0.6) is 5.75 Å². The fourth-order valence-electron chi connectivity index (χ4n) is 3.06. The summed E-state index contributed by atoms with van der Waals surface area (Å²) in [6.07, 6.45) is 3.48. The van der Waals surface area contributed by atoms with Crippen molar-refractivity contribution in [1.82, 2.24) is 20.3 Å². The van der Waals surface area contributed by atoms with Crippen LogP contribution in [-0.4, -0.2) is 28.0 Å². The third-order valence-corrected chi connectivity index (χ3v) is 4.52. The smallest absolute Gasteiger partial charge is 0.251 e. The van der Waals surface area contributed by atoms with Crippen molar-refractivity contribution < 1.29 is 9.53 Å². The number of carbonyl (C=O) groups excluding carboxylic acids is 1. The maximum Gasteiger partial charge on any atom is 0.251 e. The minimum absolute atomic E-state index is 0.0452. The fourth-order valence-corrected chi connectivity index (χ4v) is 3.06. The average molecular weight is 392 g/mol. The van der Waals surface area contributed by atoms with Gasteiger partial charge in [0.1, 0.15) is 11.6 Å². The monoisotopic (exact) mass is 392 g/mol. The number of ether oxygens (including phenoxy) is 1. The van der Waals surface area contributed by atoms with Crippen LogP contribution in [0.2, 0.25) is 0 Å². The molecule has 0 saturated heterocycles. The van der Waals surface area contributed by atoms with Gasteiger partial charge in [-0.05, 0) is 35.7 Å². The summed E-state index contributed by atoms with van der Waals surface area (Å²) in [5.41, 5.74) is 1.86.